The molecule has 0 amide bonds. The van der Waals surface area contributed by atoms with E-state index in [1.165, 1.54) is 38.5 Å². The van der Waals surface area contributed by atoms with Crippen LogP contribution in [0.5, 0.6) is 0 Å². The van der Waals surface area contributed by atoms with E-state index in [0.717, 1.165) is 36.3 Å². The molecule has 0 saturated heterocycles. The molecular weight excluding hydrogens is 312 g/mol. The topological polar surface area (TPSA) is 67.8 Å². The van der Waals surface area contributed by atoms with Crippen molar-refractivity contribution in [1.82, 2.24) is 0 Å². The Morgan fingerprint density at radius 3 is 2.80 bits per heavy atom. The zero-order chi connectivity index (χ0) is 17.7. The fourth-order valence-electron chi connectivity index (χ4n) is 6.80. The molecule has 3 saturated carbocycles. The summed E-state index contributed by atoms with van der Waals surface area (Å²) in [6.45, 7) is 5.87. The van der Waals surface area contributed by atoms with Crippen LogP contribution in [0.2, 0.25) is 0 Å². The number of allylic oxidation sites excluding steroid dienone is 2. The number of hydrogen-bond donors (Lipinski definition) is 2. The second-order valence-corrected chi connectivity index (χ2v) is 9.34. The highest BCUT2D eigenvalue weighted by Crippen LogP contribution is 2.65. The molecular formula is C21H34N2O2. The number of fused-ring (bicyclic) bond motifs is 5. The van der Waals surface area contributed by atoms with Crippen molar-refractivity contribution in [3.8, 4) is 0 Å². The van der Waals surface area contributed by atoms with E-state index in [1.54, 1.807) is 5.57 Å². The minimum atomic E-state index is -0.0759. The molecule has 25 heavy (non-hydrogen) atoms. The molecule has 6 atom stereocenters. The Morgan fingerprint density at radius 2 is 2.00 bits per heavy atom. The smallest absolute Gasteiger partial charge is 0.129 e. The second-order valence-electron chi connectivity index (χ2n) is 9.34. The maximum atomic E-state index is 10.6. The molecule has 140 valence electrons. The number of oxime groups is 1. The van der Waals surface area contributed by atoms with Crippen LogP contribution < -0.4 is 5.73 Å². The highest BCUT2D eigenvalue weighted by atomic mass is 16.6. The molecule has 3 unspecified atom stereocenters. The predicted molar refractivity (Wildman–Crippen MR) is 100 cm³/mol. The molecule has 3 N–H and O–H groups in total. The van der Waals surface area contributed by atoms with Crippen molar-refractivity contribution in [1.29, 1.82) is 0 Å². The van der Waals surface area contributed by atoms with Gasteiger partial charge in [0.25, 0.3) is 0 Å². The summed E-state index contributed by atoms with van der Waals surface area (Å²) in [5, 5.41) is 14.9. The molecule has 4 rings (SSSR count). The lowest BCUT2D eigenvalue weighted by Gasteiger charge is -2.57. The Kier molecular flexibility index (Phi) is 4.48. The van der Waals surface area contributed by atoms with E-state index < -0.39 is 0 Å². The van der Waals surface area contributed by atoms with Gasteiger partial charge in [0.05, 0.1) is 11.8 Å². The quantitative estimate of drug-likeness (QED) is 0.605. The molecule has 0 radical (unpaired) electrons. The summed E-state index contributed by atoms with van der Waals surface area (Å²) in [5.74, 6) is 2.30. The molecule has 0 aromatic rings. The SMILES string of the molecule is C[C@]12CC/C(=N\OCCN)C=C1CCC1C2CC[C@@]2(C)C1CC[C@H]2O. The molecule has 0 aromatic heterocycles. The summed E-state index contributed by atoms with van der Waals surface area (Å²) < 4.78 is 0. The Labute approximate surface area is 151 Å². The first-order valence-corrected chi connectivity index (χ1v) is 10.3. The van der Waals surface area contributed by atoms with Gasteiger partial charge >= 0.3 is 0 Å². The maximum absolute atomic E-state index is 10.6. The van der Waals surface area contributed by atoms with Crippen LogP contribution in [0, 0.1) is 28.6 Å². The number of nitrogens with two attached hydrogens (primary N) is 1. The van der Waals surface area contributed by atoms with Crippen molar-refractivity contribution < 1.29 is 9.94 Å². The fourth-order valence-corrected chi connectivity index (χ4v) is 6.80. The predicted octanol–water partition coefficient (Wildman–Crippen LogP) is 3.64. The molecule has 4 heteroatoms. The third kappa shape index (κ3) is 2.68. The summed E-state index contributed by atoms with van der Waals surface area (Å²) in [5.41, 5.74) is 8.67. The molecule has 3 fully saturated rings. The summed E-state index contributed by atoms with van der Waals surface area (Å²) >= 11 is 0. The first-order chi connectivity index (χ1) is 12.0. The normalized spacial score (nSPS) is 47.7. The van der Waals surface area contributed by atoms with Crippen LogP contribution in [-0.2, 0) is 4.84 Å². The Balaban J connectivity index is 1.57. The second kappa shape index (κ2) is 6.38. The molecule has 4 aliphatic carbocycles. The summed E-state index contributed by atoms with van der Waals surface area (Å²) in [7, 11) is 0. The van der Waals surface area contributed by atoms with Crippen LogP contribution in [0.4, 0.5) is 0 Å². The van der Waals surface area contributed by atoms with Gasteiger partial charge < -0.3 is 15.7 Å². The van der Waals surface area contributed by atoms with Crippen LogP contribution in [0.1, 0.15) is 65.2 Å². The molecule has 0 aliphatic heterocycles. The minimum absolute atomic E-state index is 0.0759. The van der Waals surface area contributed by atoms with Gasteiger partial charge in [-0.05, 0) is 86.0 Å². The lowest BCUT2D eigenvalue weighted by atomic mass is 9.47. The third-order valence-corrected chi connectivity index (χ3v) is 8.32. The van der Waals surface area contributed by atoms with E-state index in [0.29, 0.717) is 18.6 Å². The first-order valence-electron chi connectivity index (χ1n) is 10.3. The Bertz CT molecular complexity index is 586. The zero-order valence-corrected chi connectivity index (χ0v) is 15.8. The van der Waals surface area contributed by atoms with Gasteiger partial charge in [-0.2, -0.15) is 0 Å². The molecule has 0 spiro atoms. The van der Waals surface area contributed by atoms with Gasteiger partial charge in [0.15, 0.2) is 0 Å². The van der Waals surface area contributed by atoms with Gasteiger partial charge in [-0.1, -0.05) is 24.6 Å². The minimum Gasteiger partial charge on any atom is -0.394 e. The van der Waals surface area contributed by atoms with Crippen molar-refractivity contribution in [2.24, 2.45) is 39.5 Å². The molecule has 0 aromatic carbocycles. The maximum Gasteiger partial charge on any atom is 0.129 e. The third-order valence-electron chi connectivity index (χ3n) is 8.32. The Hall–Kier alpha value is -0.870. The number of nitrogens with zero attached hydrogens (tertiary/aromatic N) is 1. The van der Waals surface area contributed by atoms with Gasteiger partial charge in [-0.15, -0.1) is 0 Å². The number of rotatable bonds is 3. The van der Waals surface area contributed by atoms with E-state index in [9.17, 15) is 5.11 Å². The van der Waals surface area contributed by atoms with Crippen molar-refractivity contribution >= 4 is 5.71 Å². The van der Waals surface area contributed by atoms with Crippen molar-refractivity contribution in [3.05, 3.63) is 11.6 Å². The fraction of sp³-hybridized carbons (Fsp3) is 0.857. The first kappa shape index (κ1) is 17.5. The number of aliphatic hydroxyl groups is 1. The van der Waals surface area contributed by atoms with E-state index in [4.69, 9.17) is 10.6 Å². The average molecular weight is 347 g/mol. The van der Waals surface area contributed by atoms with Crippen LogP contribution in [-0.4, -0.2) is 30.1 Å². The van der Waals surface area contributed by atoms with Gasteiger partial charge in [0.2, 0.25) is 0 Å². The highest BCUT2D eigenvalue weighted by Gasteiger charge is 2.58. The van der Waals surface area contributed by atoms with Gasteiger partial charge in [-0.3, -0.25) is 0 Å². The van der Waals surface area contributed by atoms with Crippen molar-refractivity contribution in [2.45, 2.75) is 71.3 Å². The van der Waals surface area contributed by atoms with Crippen LogP contribution in [0.3, 0.4) is 0 Å². The monoisotopic (exact) mass is 346 g/mol. The van der Waals surface area contributed by atoms with Crippen molar-refractivity contribution in [3.63, 3.8) is 0 Å². The van der Waals surface area contributed by atoms with E-state index in [1.807, 2.05) is 0 Å². The lowest BCUT2D eigenvalue weighted by Crippen LogP contribution is -2.51. The van der Waals surface area contributed by atoms with E-state index >= 15 is 0 Å². The summed E-state index contributed by atoms with van der Waals surface area (Å²) in [6.07, 6.45) is 11.7. The van der Waals surface area contributed by atoms with E-state index in [-0.39, 0.29) is 11.5 Å². The molecule has 4 nitrogen and oxygen atoms in total. The Morgan fingerprint density at radius 1 is 1.16 bits per heavy atom. The summed E-state index contributed by atoms with van der Waals surface area (Å²) in [4.78, 5) is 5.31. The summed E-state index contributed by atoms with van der Waals surface area (Å²) in [6, 6.07) is 0. The standard InChI is InChI=1S/C21H34N2O2/c1-20-9-7-15(23-25-12-11-22)13-14(20)3-4-16-17-5-6-19(24)21(17,2)10-8-18(16)20/h13,16-19,24H,3-12,22H2,1-2H3/b23-15+/t16?,17?,18?,19-,20+,21+/m1/s1. The van der Waals surface area contributed by atoms with Gasteiger partial charge in [-0.25, -0.2) is 0 Å². The van der Waals surface area contributed by atoms with Crippen LogP contribution in [0.25, 0.3) is 0 Å². The van der Waals surface area contributed by atoms with Crippen LogP contribution >= 0.6 is 0 Å². The molecule has 4 aliphatic rings. The van der Waals surface area contributed by atoms with Crippen molar-refractivity contribution in [2.75, 3.05) is 13.2 Å². The lowest BCUT2D eigenvalue weighted by molar-refractivity contribution is -0.0722. The zero-order valence-electron chi connectivity index (χ0n) is 15.8. The highest BCUT2D eigenvalue weighted by molar-refractivity contribution is 5.96. The molecule has 0 heterocycles. The van der Waals surface area contributed by atoms with E-state index in [2.05, 4.69) is 25.1 Å². The van der Waals surface area contributed by atoms with Gasteiger partial charge in [0.1, 0.15) is 6.61 Å². The van der Waals surface area contributed by atoms with Crippen LogP contribution in [0.15, 0.2) is 16.8 Å². The molecule has 0 bridgehead atoms. The number of aliphatic hydroxyl groups excluding tert-OH is 1. The van der Waals surface area contributed by atoms with Gasteiger partial charge in [0, 0.05) is 6.54 Å². The number of hydrogen-bond acceptors (Lipinski definition) is 4. The largest absolute Gasteiger partial charge is 0.394 e. The average Bonchev–Trinajstić information content (AvgIpc) is 2.90.